The van der Waals surface area contributed by atoms with Gasteiger partial charge in [-0.1, -0.05) is 59.1 Å². The van der Waals surface area contributed by atoms with Gasteiger partial charge in [-0.05, 0) is 42.8 Å². The van der Waals surface area contributed by atoms with Crippen molar-refractivity contribution < 1.29 is 9.13 Å². The molecule has 0 aliphatic carbocycles. The summed E-state index contributed by atoms with van der Waals surface area (Å²) in [5, 5.41) is 0.693. The molecule has 0 saturated heterocycles. The first-order chi connectivity index (χ1) is 12.5. The third kappa shape index (κ3) is 4.63. The molecule has 0 atom stereocenters. The van der Waals surface area contributed by atoms with Crippen molar-refractivity contribution in [2.24, 2.45) is 4.99 Å². The summed E-state index contributed by atoms with van der Waals surface area (Å²) in [5.41, 5.74) is 3.19. The number of hydrogen-bond acceptors (Lipinski definition) is 2. The molecule has 0 spiro atoms. The first-order valence-corrected chi connectivity index (χ1v) is 8.74. The lowest BCUT2D eigenvalue weighted by Crippen LogP contribution is -1.99. The van der Waals surface area contributed by atoms with Gasteiger partial charge in [-0.25, -0.2) is 4.39 Å². The van der Waals surface area contributed by atoms with Crippen LogP contribution in [0.2, 0.25) is 10.0 Å². The summed E-state index contributed by atoms with van der Waals surface area (Å²) in [4.78, 5) is 4.40. The number of benzene rings is 3. The zero-order chi connectivity index (χ0) is 18.5. The summed E-state index contributed by atoms with van der Waals surface area (Å²) in [5.74, 6) is -0.00864. The molecule has 26 heavy (non-hydrogen) atoms. The van der Waals surface area contributed by atoms with E-state index in [1.165, 1.54) is 11.6 Å². The molecule has 0 unspecified atom stereocenters. The molecule has 0 bridgehead atoms. The van der Waals surface area contributed by atoms with Gasteiger partial charge in [-0.3, -0.25) is 4.99 Å². The van der Waals surface area contributed by atoms with Crippen molar-refractivity contribution in [1.82, 2.24) is 0 Å². The largest absolute Gasteiger partial charge is 0.486 e. The molecule has 0 heterocycles. The van der Waals surface area contributed by atoms with E-state index in [1.807, 2.05) is 31.2 Å². The Morgan fingerprint density at radius 1 is 1.00 bits per heavy atom. The summed E-state index contributed by atoms with van der Waals surface area (Å²) < 4.78 is 19.3. The van der Waals surface area contributed by atoms with E-state index in [-0.39, 0.29) is 12.4 Å². The lowest BCUT2D eigenvalue weighted by Gasteiger charge is -2.11. The Bertz CT molecular complexity index is 916. The number of halogens is 3. The molecule has 0 aromatic heterocycles. The third-order valence-electron chi connectivity index (χ3n) is 3.75. The van der Waals surface area contributed by atoms with Crippen LogP contribution in [-0.2, 0) is 6.61 Å². The zero-order valence-electron chi connectivity index (χ0n) is 14.0. The lowest BCUT2D eigenvalue weighted by molar-refractivity contribution is 0.300. The minimum Gasteiger partial charge on any atom is -0.486 e. The topological polar surface area (TPSA) is 21.6 Å². The van der Waals surface area contributed by atoms with E-state index in [0.717, 1.165) is 11.3 Å². The summed E-state index contributed by atoms with van der Waals surface area (Å²) in [6.07, 6.45) is 1.68. The van der Waals surface area contributed by atoms with Crippen LogP contribution in [0.3, 0.4) is 0 Å². The van der Waals surface area contributed by atoms with Gasteiger partial charge in [0.1, 0.15) is 12.4 Å². The lowest BCUT2D eigenvalue weighted by atomic mass is 10.2. The van der Waals surface area contributed by atoms with Crippen LogP contribution in [0.4, 0.5) is 10.1 Å². The van der Waals surface area contributed by atoms with Gasteiger partial charge < -0.3 is 4.74 Å². The van der Waals surface area contributed by atoms with Crippen LogP contribution in [-0.4, -0.2) is 6.21 Å². The molecule has 3 aromatic rings. The molecule has 3 rings (SSSR count). The van der Waals surface area contributed by atoms with Crippen molar-refractivity contribution in [3.8, 4) is 5.75 Å². The second-order valence-corrected chi connectivity index (χ2v) is 6.60. The Balaban J connectivity index is 1.75. The van der Waals surface area contributed by atoms with Crippen molar-refractivity contribution in [3.63, 3.8) is 0 Å². The SMILES string of the molecule is Cc1ccc(N=Cc2cc(Cl)c(OCc3ccccc3F)c(Cl)c2)cc1. The molecule has 0 aliphatic heterocycles. The molecule has 0 fully saturated rings. The first-order valence-electron chi connectivity index (χ1n) is 7.99. The van der Waals surface area contributed by atoms with E-state index in [4.69, 9.17) is 27.9 Å². The van der Waals surface area contributed by atoms with Gasteiger partial charge in [-0.2, -0.15) is 0 Å². The Morgan fingerprint density at radius 3 is 2.31 bits per heavy atom. The standard InChI is InChI=1S/C21H16Cl2FNO/c1-14-6-8-17(9-7-14)25-12-15-10-18(22)21(19(23)11-15)26-13-16-4-2-3-5-20(16)24/h2-12H,13H2,1H3. The molecule has 0 saturated carbocycles. The maximum Gasteiger partial charge on any atom is 0.157 e. The molecule has 3 aromatic carbocycles. The second-order valence-electron chi connectivity index (χ2n) is 5.79. The Kier molecular flexibility index (Phi) is 5.92. The van der Waals surface area contributed by atoms with Crippen LogP contribution in [0.5, 0.6) is 5.75 Å². The number of aliphatic imine (C=N–C) groups is 1. The highest BCUT2D eigenvalue weighted by Crippen LogP contribution is 2.34. The van der Waals surface area contributed by atoms with Crippen LogP contribution in [0.1, 0.15) is 16.7 Å². The quantitative estimate of drug-likeness (QED) is 0.442. The van der Waals surface area contributed by atoms with E-state index in [0.29, 0.717) is 21.4 Å². The molecule has 0 amide bonds. The van der Waals surface area contributed by atoms with Crippen LogP contribution >= 0.6 is 23.2 Å². The van der Waals surface area contributed by atoms with Crippen LogP contribution in [0.25, 0.3) is 0 Å². The van der Waals surface area contributed by atoms with Crippen LogP contribution < -0.4 is 4.74 Å². The van der Waals surface area contributed by atoms with Crippen LogP contribution in [0.15, 0.2) is 65.7 Å². The minimum absolute atomic E-state index is 0.0446. The van der Waals surface area contributed by atoms with E-state index in [9.17, 15) is 4.39 Å². The molecule has 5 heteroatoms. The highest BCUT2D eigenvalue weighted by atomic mass is 35.5. The van der Waals surface area contributed by atoms with Crippen LogP contribution in [0, 0.1) is 12.7 Å². The smallest absolute Gasteiger partial charge is 0.157 e. The highest BCUT2D eigenvalue weighted by molar-refractivity contribution is 6.37. The fraction of sp³-hybridized carbons (Fsp3) is 0.0952. The fourth-order valence-corrected chi connectivity index (χ4v) is 2.95. The predicted octanol–water partition coefficient (Wildman–Crippen LogP) is 6.77. The van der Waals surface area contributed by atoms with E-state index < -0.39 is 0 Å². The summed E-state index contributed by atoms with van der Waals surface area (Å²) in [6, 6.07) is 17.7. The second kappa shape index (κ2) is 8.35. The summed E-state index contributed by atoms with van der Waals surface area (Å²) in [7, 11) is 0. The average Bonchev–Trinajstić information content (AvgIpc) is 2.62. The van der Waals surface area contributed by atoms with Gasteiger partial charge in [0.2, 0.25) is 0 Å². The first kappa shape index (κ1) is 18.4. The van der Waals surface area contributed by atoms with Crippen molar-refractivity contribution in [3.05, 3.63) is 93.2 Å². The average molecular weight is 388 g/mol. The summed E-state index contributed by atoms with van der Waals surface area (Å²) >= 11 is 12.6. The van der Waals surface area contributed by atoms with Gasteiger partial charge in [-0.15, -0.1) is 0 Å². The Labute approximate surface area is 161 Å². The predicted molar refractivity (Wildman–Crippen MR) is 106 cm³/mol. The van der Waals surface area contributed by atoms with Crippen molar-refractivity contribution >= 4 is 35.1 Å². The van der Waals surface area contributed by atoms with Crippen molar-refractivity contribution in [1.29, 1.82) is 0 Å². The monoisotopic (exact) mass is 387 g/mol. The Morgan fingerprint density at radius 2 is 1.65 bits per heavy atom. The van der Waals surface area contributed by atoms with E-state index in [1.54, 1.807) is 36.5 Å². The van der Waals surface area contributed by atoms with Gasteiger partial charge in [0.25, 0.3) is 0 Å². The maximum absolute atomic E-state index is 13.7. The third-order valence-corrected chi connectivity index (χ3v) is 4.31. The summed E-state index contributed by atoms with van der Waals surface area (Å²) in [6.45, 7) is 2.07. The normalized spacial score (nSPS) is 11.1. The van der Waals surface area contributed by atoms with Crippen molar-refractivity contribution in [2.45, 2.75) is 13.5 Å². The molecular weight excluding hydrogens is 372 g/mol. The molecule has 0 aliphatic rings. The van der Waals surface area contributed by atoms with Crippen molar-refractivity contribution in [2.75, 3.05) is 0 Å². The minimum atomic E-state index is -0.332. The molecule has 0 radical (unpaired) electrons. The van der Waals surface area contributed by atoms with Gasteiger partial charge in [0.15, 0.2) is 5.75 Å². The van der Waals surface area contributed by atoms with E-state index in [2.05, 4.69) is 4.99 Å². The maximum atomic E-state index is 13.7. The number of ether oxygens (including phenoxy) is 1. The number of nitrogens with zero attached hydrogens (tertiary/aromatic N) is 1. The highest BCUT2D eigenvalue weighted by Gasteiger charge is 2.11. The fourth-order valence-electron chi connectivity index (χ4n) is 2.34. The zero-order valence-corrected chi connectivity index (χ0v) is 15.6. The molecule has 2 nitrogen and oxygen atoms in total. The number of aryl methyl sites for hydroxylation is 1. The van der Waals surface area contributed by atoms with Gasteiger partial charge >= 0.3 is 0 Å². The van der Waals surface area contributed by atoms with Gasteiger partial charge in [0, 0.05) is 11.8 Å². The van der Waals surface area contributed by atoms with E-state index >= 15 is 0 Å². The number of hydrogen-bond donors (Lipinski definition) is 0. The molecular formula is C21H16Cl2FNO. The number of rotatable bonds is 5. The molecule has 0 N–H and O–H groups in total. The molecule has 132 valence electrons. The Hall–Kier alpha value is -2.36. The van der Waals surface area contributed by atoms with Gasteiger partial charge in [0.05, 0.1) is 15.7 Å².